The molecule has 0 saturated carbocycles. The van der Waals surface area contributed by atoms with E-state index in [1.165, 1.54) is 6.92 Å². The monoisotopic (exact) mass is 196 g/mol. The summed E-state index contributed by atoms with van der Waals surface area (Å²) in [6.45, 7) is 1.27. The predicted molar refractivity (Wildman–Crippen MR) is 42.8 cm³/mol. The van der Waals surface area contributed by atoms with Gasteiger partial charge >= 0.3 is 5.97 Å². The van der Waals surface area contributed by atoms with Gasteiger partial charge in [-0.2, -0.15) is 0 Å². The highest BCUT2D eigenvalue weighted by atomic mass is 32.2. The summed E-state index contributed by atoms with van der Waals surface area (Å²) in [4.78, 5) is 10.2. The number of hydrogen-bond donors (Lipinski definition) is 1. The lowest BCUT2D eigenvalue weighted by Crippen LogP contribution is -2.23. The van der Waals surface area contributed by atoms with Crippen molar-refractivity contribution in [3.8, 4) is 0 Å². The lowest BCUT2D eigenvalue weighted by Gasteiger charge is -2.06. The zero-order valence-electron chi connectivity index (χ0n) is 6.98. The lowest BCUT2D eigenvalue weighted by molar-refractivity contribution is -0.148. The van der Waals surface area contributed by atoms with Crippen molar-refractivity contribution < 1.29 is 23.1 Å². The van der Waals surface area contributed by atoms with E-state index < -0.39 is 21.9 Å². The van der Waals surface area contributed by atoms with Crippen molar-refractivity contribution in [2.45, 2.75) is 13.0 Å². The van der Waals surface area contributed by atoms with Gasteiger partial charge in [0, 0.05) is 6.26 Å². The molecule has 0 amide bonds. The van der Waals surface area contributed by atoms with Gasteiger partial charge in [-0.15, -0.1) is 0 Å². The first-order valence-corrected chi connectivity index (χ1v) is 5.41. The van der Waals surface area contributed by atoms with E-state index in [2.05, 4.69) is 0 Å². The Morgan fingerprint density at radius 2 is 2.08 bits per heavy atom. The summed E-state index contributed by atoms with van der Waals surface area (Å²) in [5.74, 6) is -1.24. The molecule has 0 aliphatic carbocycles. The number of hydrogen-bond acceptors (Lipinski definition) is 4. The van der Waals surface area contributed by atoms with Crippen LogP contribution in [0, 0.1) is 0 Å². The van der Waals surface area contributed by atoms with E-state index >= 15 is 0 Å². The maximum Gasteiger partial charge on any atom is 0.332 e. The van der Waals surface area contributed by atoms with Crippen molar-refractivity contribution in [1.29, 1.82) is 0 Å². The molecule has 0 radical (unpaired) electrons. The summed E-state index contributed by atoms with van der Waals surface area (Å²) in [6, 6.07) is 0. The van der Waals surface area contributed by atoms with Crippen molar-refractivity contribution in [3.63, 3.8) is 0 Å². The molecule has 0 rings (SSSR count). The summed E-state index contributed by atoms with van der Waals surface area (Å²) in [5, 5.41) is 8.34. The Hall–Kier alpha value is -0.620. The molecule has 0 saturated heterocycles. The van der Waals surface area contributed by atoms with Gasteiger partial charge in [0.1, 0.15) is 9.84 Å². The number of carboxylic acids is 1. The molecule has 5 nitrogen and oxygen atoms in total. The molecule has 12 heavy (non-hydrogen) atoms. The Labute approximate surface area is 71.3 Å². The summed E-state index contributed by atoms with van der Waals surface area (Å²) in [6.07, 6.45) is 0.119. The third-order valence-electron chi connectivity index (χ3n) is 1.17. The van der Waals surface area contributed by atoms with E-state index in [4.69, 9.17) is 9.84 Å². The summed E-state index contributed by atoms with van der Waals surface area (Å²) >= 11 is 0. The van der Waals surface area contributed by atoms with Crippen molar-refractivity contribution >= 4 is 15.8 Å². The molecule has 0 spiro atoms. The predicted octanol–water partition coefficient (Wildman–Crippen LogP) is -0.479. The minimum Gasteiger partial charge on any atom is -0.479 e. The second kappa shape index (κ2) is 4.42. The van der Waals surface area contributed by atoms with Crippen LogP contribution < -0.4 is 0 Å². The first-order chi connectivity index (χ1) is 5.33. The largest absolute Gasteiger partial charge is 0.479 e. The van der Waals surface area contributed by atoms with E-state index in [1.54, 1.807) is 0 Å². The molecule has 6 heteroatoms. The Balaban J connectivity index is 3.65. The van der Waals surface area contributed by atoms with E-state index in [1.807, 2.05) is 0 Å². The molecule has 0 bridgehead atoms. The quantitative estimate of drug-likeness (QED) is 0.642. The standard InChI is InChI=1S/C6H12O5S/c1-5(6(7)8)11-3-4-12(2,9)10/h5H,3-4H2,1-2H3,(H,7,8)/t5-/m0/s1. The van der Waals surface area contributed by atoms with Crippen LogP contribution in [0.15, 0.2) is 0 Å². The van der Waals surface area contributed by atoms with Crippen molar-refractivity contribution in [2.24, 2.45) is 0 Å². The maximum absolute atomic E-state index is 10.6. The Morgan fingerprint density at radius 1 is 1.58 bits per heavy atom. The molecule has 0 aromatic rings. The van der Waals surface area contributed by atoms with Crippen LogP contribution >= 0.6 is 0 Å². The second-order valence-corrected chi connectivity index (χ2v) is 4.74. The third kappa shape index (κ3) is 6.11. The lowest BCUT2D eigenvalue weighted by atomic mass is 10.4. The smallest absolute Gasteiger partial charge is 0.332 e. The van der Waals surface area contributed by atoms with Crippen LogP contribution in [0.4, 0.5) is 0 Å². The minimum atomic E-state index is -3.06. The molecule has 1 N–H and O–H groups in total. The Bertz CT molecular complexity index is 243. The molecule has 0 aromatic heterocycles. The van der Waals surface area contributed by atoms with Crippen LogP contribution in [-0.4, -0.2) is 44.2 Å². The highest BCUT2D eigenvalue weighted by Crippen LogP contribution is 1.91. The van der Waals surface area contributed by atoms with Crippen LogP contribution in [0.5, 0.6) is 0 Å². The number of ether oxygens (including phenoxy) is 1. The van der Waals surface area contributed by atoms with Crippen LogP contribution in [0.2, 0.25) is 0 Å². The van der Waals surface area contributed by atoms with Crippen LogP contribution in [0.1, 0.15) is 6.92 Å². The van der Waals surface area contributed by atoms with Gasteiger partial charge in [-0.1, -0.05) is 0 Å². The van der Waals surface area contributed by atoms with Gasteiger partial charge < -0.3 is 9.84 Å². The first-order valence-electron chi connectivity index (χ1n) is 3.35. The first kappa shape index (κ1) is 11.4. The topological polar surface area (TPSA) is 80.7 Å². The minimum absolute atomic E-state index is 0.0771. The van der Waals surface area contributed by atoms with Crippen molar-refractivity contribution in [1.82, 2.24) is 0 Å². The number of carbonyl (C=O) groups is 1. The van der Waals surface area contributed by atoms with Gasteiger partial charge in [0.25, 0.3) is 0 Å². The maximum atomic E-state index is 10.6. The fourth-order valence-corrected chi connectivity index (χ4v) is 0.847. The van der Waals surface area contributed by atoms with E-state index in [9.17, 15) is 13.2 Å². The van der Waals surface area contributed by atoms with Gasteiger partial charge in [0.15, 0.2) is 6.10 Å². The molecular formula is C6H12O5S. The Kier molecular flexibility index (Phi) is 4.19. The fraction of sp³-hybridized carbons (Fsp3) is 0.833. The molecule has 0 aromatic carbocycles. The van der Waals surface area contributed by atoms with E-state index in [-0.39, 0.29) is 12.4 Å². The highest BCUT2D eigenvalue weighted by molar-refractivity contribution is 7.90. The Morgan fingerprint density at radius 3 is 2.42 bits per heavy atom. The van der Waals surface area contributed by atoms with Gasteiger partial charge in [0.2, 0.25) is 0 Å². The second-order valence-electron chi connectivity index (χ2n) is 2.48. The van der Waals surface area contributed by atoms with E-state index in [0.717, 1.165) is 6.26 Å². The van der Waals surface area contributed by atoms with Gasteiger partial charge in [-0.3, -0.25) is 0 Å². The van der Waals surface area contributed by atoms with Gasteiger partial charge in [-0.05, 0) is 6.92 Å². The molecular weight excluding hydrogens is 184 g/mol. The summed E-state index contributed by atoms with van der Waals surface area (Å²) in [7, 11) is -3.06. The van der Waals surface area contributed by atoms with Crippen LogP contribution in [0.25, 0.3) is 0 Å². The molecule has 0 aliphatic rings. The fourth-order valence-electron chi connectivity index (χ4n) is 0.448. The van der Waals surface area contributed by atoms with Crippen LogP contribution in [-0.2, 0) is 19.4 Å². The van der Waals surface area contributed by atoms with Gasteiger partial charge in [0.05, 0.1) is 12.4 Å². The van der Waals surface area contributed by atoms with Crippen LogP contribution in [0.3, 0.4) is 0 Å². The zero-order valence-corrected chi connectivity index (χ0v) is 7.80. The van der Waals surface area contributed by atoms with E-state index in [0.29, 0.717) is 0 Å². The number of carboxylic acid groups (broad SMARTS) is 1. The summed E-state index contributed by atoms with van der Waals surface area (Å²) < 4.78 is 25.8. The van der Waals surface area contributed by atoms with Gasteiger partial charge in [-0.25, -0.2) is 13.2 Å². The third-order valence-corrected chi connectivity index (χ3v) is 2.08. The zero-order chi connectivity index (χ0) is 9.78. The molecule has 0 fully saturated rings. The summed E-state index contributed by atoms with van der Waals surface area (Å²) in [5.41, 5.74) is 0. The average molecular weight is 196 g/mol. The molecule has 0 heterocycles. The molecule has 1 atom stereocenters. The highest BCUT2D eigenvalue weighted by Gasteiger charge is 2.11. The molecule has 72 valence electrons. The normalized spacial score (nSPS) is 14.2. The number of aliphatic carboxylic acids is 1. The SMILES string of the molecule is C[C@H](OCCS(C)(=O)=O)C(=O)O. The average Bonchev–Trinajstić information content (AvgIpc) is 1.84. The van der Waals surface area contributed by atoms with Crippen molar-refractivity contribution in [3.05, 3.63) is 0 Å². The number of sulfone groups is 1. The number of rotatable bonds is 5. The van der Waals surface area contributed by atoms with Crippen molar-refractivity contribution in [2.75, 3.05) is 18.6 Å². The molecule has 0 unspecified atom stereocenters. The molecule has 0 aliphatic heterocycles.